The van der Waals surface area contributed by atoms with Gasteiger partial charge in [-0.05, 0) is 57.6 Å². The lowest BCUT2D eigenvalue weighted by molar-refractivity contribution is -0.142. The number of carbonyl (C=O) groups is 1. The third kappa shape index (κ3) is 3.67. The van der Waals surface area contributed by atoms with Crippen LogP contribution in [0.15, 0.2) is 17.0 Å². The zero-order valence-electron chi connectivity index (χ0n) is 13.2. The molecule has 0 aliphatic heterocycles. The predicted molar refractivity (Wildman–Crippen MR) is 84.4 cm³/mol. The van der Waals surface area contributed by atoms with Crippen LogP contribution in [0, 0.1) is 26.7 Å². The summed E-state index contributed by atoms with van der Waals surface area (Å²) in [5, 5.41) is 9.00. The van der Waals surface area contributed by atoms with Gasteiger partial charge >= 0.3 is 5.97 Å². The first kappa shape index (κ1) is 17.0. The third-order valence-electron chi connectivity index (χ3n) is 4.27. The monoisotopic (exact) mass is 325 g/mol. The average molecular weight is 325 g/mol. The van der Waals surface area contributed by atoms with Crippen molar-refractivity contribution < 1.29 is 18.3 Å². The highest BCUT2D eigenvalue weighted by atomic mass is 32.2. The minimum absolute atomic E-state index is 0.180. The molecule has 0 unspecified atom stereocenters. The fourth-order valence-corrected chi connectivity index (χ4v) is 5.09. The van der Waals surface area contributed by atoms with E-state index in [0.717, 1.165) is 16.7 Å². The van der Waals surface area contributed by atoms with E-state index < -0.39 is 16.0 Å². The molecule has 0 heterocycles. The van der Waals surface area contributed by atoms with Gasteiger partial charge in [0.15, 0.2) is 0 Å². The fraction of sp³-hybridized carbons (Fsp3) is 0.562. The summed E-state index contributed by atoms with van der Waals surface area (Å²) in [6.45, 7) is 5.54. The molecule has 0 saturated heterocycles. The molecular formula is C16H23NO4S. The highest BCUT2D eigenvalue weighted by Crippen LogP contribution is 2.27. The number of sulfonamides is 1. The van der Waals surface area contributed by atoms with Crippen LogP contribution in [0.25, 0.3) is 0 Å². The molecule has 0 spiro atoms. The van der Waals surface area contributed by atoms with Crippen molar-refractivity contribution in [1.29, 1.82) is 0 Å². The zero-order valence-corrected chi connectivity index (χ0v) is 14.0. The summed E-state index contributed by atoms with van der Waals surface area (Å²) < 4.78 is 28.0. The Labute approximate surface area is 131 Å². The van der Waals surface area contributed by atoms with Crippen LogP contribution < -0.4 is 4.72 Å². The molecule has 1 fully saturated rings. The molecule has 122 valence electrons. The number of aryl methyl sites for hydroxylation is 3. The molecule has 22 heavy (non-hydrogen) atoms. The molecule has 1 aliphatic carbocycles. The van der Waals surface area contributed by atoms with E-state index in [2.05, 4.69) is 4.72 Å². The maximum absolute atomic E-state index is 12.6. The van der Waals surface area contributed by atoms with E-state index in [1.807, 2.05) is 19.1 Å². The summed E-state index contributed by atoms with van der Waals surface area (Å²) >= 11 is 0. The van der Waals surface area contributed by atoms with Gasteiger partial charge in [-0.3, -0.25) is 4.79 Å². The number of nitrogens with one attached hydrogen (secondary N) is 1. The van der Waals surface area contributed by atoms with Gasteiger partial charge in [0.1, 0.15) is 0 Å². The van der Waals surface area contributed by atoms with Crippen LogP contribution in [0.1, 0.15) is 42.4 Å². The molecule has 0 aromatic heterocycles. The van der Waals surface area contributed by atoms with Gasteiger partial charge in [0.05, 0.1) is 10.8 Å². The van der Waals surface area contributed by atoms with Crippen LogP contribution in [0.3, 0.4) is 0 Å². The Hall–Kier alpha value is -1.40. The van der Waals surface area contributed by atoms with Crippen molar-refractivity contribution in [1.82, 2.24) is 4.72 Å². The third-order valence-corrected chi connectivity index (χ3v) is 6.10. The molecule has 0 bridgehead atoms. The topological polar surface area (TPSA) is 83.5 Å². The number of hydrogen-bond acceptors (Lipinski definition) is 3. The maximum Gasteiger partial charge on any atom is 0.306 e. The van der Waals surface area contributed by atoms with E-state index in [4.69, 9.17) is 5.11 Å². The lowest BCUT2D eigenvalue weighted by Gasteiger charge is -2.27. The summed E-state index contributed by atoms with van der Waals surface area (Å²) in [6, 6.07) is 3.55. The van der Waals surface area contributed by atoms with Gasteiger partial charge in [-0.2, -0.15) is 0 Å². The van der Waals surface area contributed by atoms with Crippen molar-refractivity contribution in [2.75, 3.05) is 0 Å². The van der Waals surface area contributed by atoms with E-state index in [1.54, 1.807) is 13.8 Å². The van der Waals surface area contributed by atoms with E-state index in [-0.39, 0.29) is 12.0 Å². The number of carboxylic acids is 1. The molecule has 1 aliphatic rings. The molecule has 0 amide bonds. The van der Waals surface area contributed by atoms with Gasteiger partial charge in [0.2, 0.25) is 10.0 Å². The van der Waals surface area contributed by atoms with E-state index in [1.165, 1.54) is 0 Å². The molecule has 1 saturated carbocycles. The fourth-order valence-electron chi connectivity index (χ4n) is 3.33. The van der Waals surface area contributed by atoms with Gasteiger partial charge in [-0.15, -0.1) is 0 Å². The molecule has 5 nitrogen and oxygen atoms in total. The quantitative estimate of drug-likeness (QED) is 0.891. The standard InChI is InChI=1S/C16H23NO4S/c1-10-8-11(2)15(12(3)9-10)22(20,21)17-14-6-4-13(5-7-14)16(18)19/h8-9,13-14,17H,4-7H2,1-3H3,(H,18,19). The molecule has 2 N–H and O–H groups in total. The number of benzene rings is 1. The normalized spacial score (nSPS) is 22.5. The van der Waals surface area contributed by atoms with Crippen molar-refractivity contribution in [3.63, 3.8) is 0 Å². The molecule has 1 aromatic carbocycles. The second-order valence-corrected chi connectivity index (χ2v) is 7.89. The highest BCUT2D eigenvalue weighted by molar-refractivity contribution is 7.89. The van der Waals surface area contributed by atoms with E-state index >= 15 is 0 Å². The Morgan fingerprint density at radius 1 is 1.09 bits per heavy atom. The van der Waals surface area contributed by atoms with Crippen molar-refractivity contribution in [2.45, 2.75) is 57.4 Å². The summed E-state index contributed by atoms with van der Waals surface area (Å²) in [7, 11) is -3.57. The Morgan fingerprint density at radius 3 is 2.05 bits per heavy atom. The van der Waals surface area contributed by atoms with E-state index in [0.29, 0.717) is 30.6 Å². The van der Waals surface area contributed by atoms with Crippen molar-refractivity contribution in [3.05, 3.63) is 28.8 Å². The zero-order chi connectivity index (χ0) is 16.5. The molecule has 0 atom stereocenters. The number of hydrogen-bond donors (Lipinski definition) is 2. The Morgan fingerprint density at radius 2 is 1.59 bits per heavy atom. The van der Waals surface area contributed by atoms with Gasteiger partial charge in [-0.1, -0.05) is 17.7 Å². The van der Waals surface area contributed by atoms with Gasteiger partial charge in [0, 0.05) is 6.04 Å². The van der Waals surface area contributed by atoms with Crippen molar-refractivity contribution >= 4 is 16.0 Å². The van der Waals surface area contributed by atoms with Gasteiger partial charge in [0.25, 0.3) is 0 Å². The van der Waals surface area contributed by atoms with Gasteiger partial charge < -0.3 is 5.11 Å². The summed E-state index contributed by atoms with van der Waals surface area (Å²) in [4.78, 5) is 11.3. The second kappa shape index (κ2) is 6.38. The molecule has 1 aromatic rings. The smallest absolute Gasteiger partial charge is 0.306 e. The first-order valence-corrected chi connectivity index (χ1v) is 9.02. The minimum atomic E-state index is -3.57. The molecular weight excluding hydrogens is 302 g/mol. The second-order valence-electron chi connectivity index (χ2n) is 6.24. The Bertz CT molecular complexity index is 650. The Balaban J connectivity index is 2.15. The largest absolute Gasteiger partial charge is 0.481 e. The summed E-state index contributed by atoms with van der Waals surface area (Å²) in [6.07, 6.45) is 2.18. The minimum Gasteiger partial charge on any atom is -0.481 e. The summed E-state index contributed by atoms with van der Waals surface area (Å²) in [5.74, 6) is -1.13. The highest BCUT2D eigenvalue weighted by Gasteiger charge is 2.29. The average Bonchev–Trinajstić information content (AvgIpc) is 2.36. The van der Waals surface area contributed by atoms with Crippen LogP contribution in [0.2, 0.25) is 0 Å². The van der Waals surface area contributed by atoms with Crippen LogP contribution in [-0.4, -0.2) is 25.5 Å². The Kier molecular flexibility index (Phi) is 4.92. The van der Waals surface area contributed by atoms with E-state index in [9.17, 15) is 13.2 Å². The van der Waals surface area contributed by atoms with Crippen LogP contribution in [-0.2, 0) is 14.8 Å². The first-order chi connectivity index (χ1) is 10.2. The van der Waals surface area contributed by atoms with Crippen molar-refractivity contribution in [2.24, 2.45) is 5.92 Å². The number of aliphatic carboxylic acids is 1. The van der Waals surface area contributed by atoms with Gasteiger partial charge in [-0.25, -0.2) is 13.1 Å². The number of carboxylic acid groups (broad SMARTS) is 1. The maximum atomic E-state index is 12.6. The van der Waals surface area contributed by atoms with Crippen LogP contribution in [0.4, 0.5) is 0 Å². The molecule has 2 rings (SSSR count). The van der Waals surface area contributed by atoms with Crippen LogP contribution >= 0.6 is 0 Å². The lowest BCUT2D eigenvalue weighted by Crippen LogP contribution is -2.39. The first-order valence-electron chi connectivity index (χ1n) is 7.53. The summed E-state index contributed by atoms with van der Waals surface area (Å²) in [5.41, 5.74) is 2.52. The molecule has 6 heteroatoms. The predicted octanol–water partition coefficient (Wildman–Crippen LogP) is 2.53. The lowest BCUT2D eigenvalue weighted by atomic mass is 9.87. The SMILES string of the molecule is Cc1cc(C)c(S(=O)(=O)NC2CCC(C(=O)O)CC2)c(C)c1. The molecule has 0 radical (unpaired) electrons. The van der Waals surface area contributed by atoms with Crippen molar-refractivity contribution in [3.8, 4) is 0 Å². The van der Waals surface area contributed by atoms with Crippen LogP contribution in [0.5, 0.6) is 0 Å². The number of rotatable bonds is 4.